The number of rotatable bonds is 2. The van der Waals surface area contributed by atoms with Crippen molar-refractivity contribution in [3.05, 3.63) is 35.5 Å². The number of piperazine rings is 1. The van der Waals surface area contributed by atoms with Crippen LogP contribution in [0.25, 0.3) is 22.2 Å². The van der Waals surface area contributed by atoms with Gasteiger partial charge in [0.25, 0.3) is 0 Å². The number of phenolic OH excluding ortho intramolecular Hbond substituents is 1. The zero-order chi connectivity index (χ0) is 22.7. The molecule has 0 spiro atoms. The zero-order valence-electron chi connectivity index (χ0n) is 16.3. The van der Waals surface area contributed by atoms with E-state index in [9.17, 15) is 31.9 Å². The van der Waals surface area contributed by atoms with Crippen LogP contribution in [0.1, 0.15) is 5.56 Å². The maximum absolute atomic E-state index is 14.5. The number of alkyl halides is 3. The van der Waals surface area contributed by atoms with Crippen LogP contribution >= 0.6 is 0 Å². The number of anilines is 1. The summed E-state index contributed by atoms with van der Waals surface area (Å²) >= 11 is 0. The Kier molecular flexibility index (Phi) is 4.84. The second-order valence-electron chi connectivity index (χ2n) is 7.26. The molecule has 12 heteroatoms. The van der Waals surface area contributed by atoms with Crippen LogP contribution in [0.4, 0.5) is 27.8 Å². The number of amides is 1. The van der Waals surface area contributed by atoms with E-state index in [1.54, 1.807) is 7.05 Å². The molecule has 3 aromatic rings. The average Bonchev–Trinajstić information content (AvgIpc) is 3.01. The van der Waals surface area contributed by atoms with Crippen molar-refractivity contribution in [1.82, 2.24) is 19.7 Å². The predicted molar refractivity (Wildman–Crippen MR) is 100 cm³/mol. The highest BCUT2D eigenvalue weighted by atomic mass is 19.4. The normalized spacial score (nSPS) is 15.8. The van der Waals surface area contributed by atoms with Gasteiger partial charge in [0.15, 0.2) is 17.4 Å². The molecule has 0 saturated carbocycles. The van der Waals surface area contributed by atoms with E-state index in [1.807, 2.05) is 4.90 Å². The Morgan fingerprint density at radius 1 is 1.10 bits per heavy atom. The van der Waals surface area contributed by atoms with E-state index in [-0.39, 0.29) is 29.6 Å². The number of nitrogens with zero attached hydrogens (tertiary/aromatic N) is 5. The van der Waals surface area contributed by atoms with Gasteiger partial charge < -0.3 is 5.11 Å². The molecule has 0 unspecified atom stereocenters. The van der Waals surface area contributed by atoms with Crippen LogP contribution in [0.2, 0.25) is 0 Å². The summed E-state index contributed by atoms with van der Waals surface area (Å²) in [5.41, 5.74) is -2.42. The molecule has 0 aliphatic carbocycles. The number of aromatic nitrogens is 3. The number of carbonyl (C=O) groups excluding carboxylic acids is 1. The van der Waals surface area contributed by atoms with Gasteiger partial charge in [0.2, 0.25) is 5.91 Å². The van der Waals surface area contributed by atoms with E-state index in [1.165, 1.54) is 28.9 Å². The van der Waals surface area contributed by atoms with Crippen molar-refractivity contribution < 1.29 is 31.9 Å². The Balaban J connectivity index is 1.86. The van der Waals surface area contributed by atoms with E-state index in [2.05, 4.69) is 10.1 Å². The lowest BCUT2D eigenvalue weighted by Crippen LogP contribution is -2.49. The van der Waals surface area contributed by atoms with Gasteiger partial charge >= 0.3 is 6.18 Å². The minimum absolute atomic E-state index is 0.172. The second-order valence-corrected chi connectivity index (χ2v) is 7.26. The topological polar surface area (TPSA) is 74.5 Å². The minimum Gasteiger partial charge on any atom is -0.503 e. The average molecular weight is 441 g/mol. The quantitative estimate of drug-likeness (QED) is 0.620. The molecular weight excluding hydrogens is 425 g/mol. The molecule has 1 fully saturated rings. The van der Waals surface area contributed by atoms with Gasteiger partial charge in [0.1, 0.15) is 11.5 Å². The van der Waals surface area contributed by atoms with Crippen LogP contribution in [-0.2, 0) is 18.0 Å². The van der Waals surface area contributed by atoms with Crippen molar-refractivity contribution in [3.63, 3.8) is 0 Å². The molecule has 1 amide bonds. The summed E-state index contributed by atoms with van der Waals surface area (Å²) in [5, 5.41) is 13.8. The van der Waals surface area contributed by atoms with Gasteiger partial charge in [-0.2, -0.15) is 18.3 Å². The van der Waals surface area contributed by atoms with Gasteiger partial charge in [-0.15, -0.1) is 0 Å². The van der Waals surface area contributed by atoms with Crippen molar-refractivity contribution >= 4 is 22.6 Å². The highest BCUT2D eigenvalue weighted by Gasteiger charge is 2.38. The maximum Gasteiger partial charge on any atom is 0.419 e. The highest BCUT2D eigenvalue weighted by Crippen LogP contribution is 2.41. The predicted octanol–water partition coefficient (Wildman–Crippen LogP) is 2.92. The number of aromatic hydroxyl groups is 1. The number of likely N-dealkylation sites (N-methyl/N-ethyl adjacent to an activating group) is 1. The van der Waals surface area contributed by atoms with Crippen molar-refractivity contribution in [2.45, 2.75) is 6.18 Å². The van der Waals surface area contributed by atoms with Crippen molar-refractivity contribution in [1.29, 1.82) is 0 Å². The number of aryl methyl sites for hydroxylation is 1. The smallest absolute Gasteiger partial charge is 0.419 e. The maximum atomic E-state index is 14.5. The standard InChI is InChI=1S/C19H16F5N5O2/c1-27-3-4-29(14(30)8-27)13-6-12-10(7-25-13)17(26-28(12)2)9-5-11(19(22,23)24)16(21)18(31)15(9)20/h5-7,31H,3-4,8H2,1-2H3. The monoisotopic (exact) mass is 441 g/mol. The summed E-state index contributed by atoms with van der Waals surface area (Å²) in [6, 6.07) is 1.78. The first-order valence-corrected chi connectivity index (χ1v) is 9.09. The molecule has 1 aliphatic heterocycles. The molecule has 0 bridgehead atoms. The fourth-order valence-electron chi connectivity index (χ4n) is 3.52. The number of hydrogen-bond acceptors (Lipinski definition) is 5. The third-order valence-electron chi connectivity index (χ3n) is 5.15. The van der Waals surface area contributed by atoms with Gasteiger partial charge in [-0.25, -0.2) is 13.8 Å². The Labute approximate surface area is 172 Å². The molecular formula is C19H16F5N5O2. The fourth-order valence-corrected chi connectivity index (χ4v) is 3.52. The van der Waals surface area contributed by atoms with Crippen LogP contribution in [0.5, 0.6) is 5.75 Å². The van der Waals surface area contributed by atoms with Crippen LogP contribution in [-0.4, -0.2) is 57.4 Å². The molecule has 1 aromatic carbocycles. The number of phenols is 1. The number of hydrogen-bond donors (Lipinski definition) is 1. The molecule has 0 radical (unpaired) electrons. The molecule has 1 aliphatic rings. The lowest BCUT2D eigenvalue weighted by Gasteiger charge is -2.31. The Hall–Kier alpha value is -3.28. The van der Waals surface area contributed by atoms with Crippen molar-refractivity contribution in [2.24, 2.45) is 7.05 Å². The Morgan fingerprint density at radius 2 is 1.81 bits per heavy atom. The van der Waals surface area contributed by atoms with Crippen molar-refractivity contribution in [3.8, 4) is 17.0 Å². The molecule has 4 rings (SSSR count). The second kappa shape index (κ2) is 7.15. The molecule has 164 valence electrons. The third kappa shape index (κ3) is 3.46. The first-order chi connectivity index (χ1) is 14.5. The van der Waals surface area contributed by atoms with E-state index in [4.69, 9.17) is 0 Å². The van der Waals surface area contributed by atoms with E-state index in [0.29, 0.717) is 24.4 Å². The first-order valence-electron chi connectivity index (χ1n) is 9.09. The molecule has 0 atom stereocenters. The SMILES string of the molecule is CN1CCN(c2cc3c(cn2)c(-c2cc(C(F)(F)F)c(F)c(O)c2F)nn3C)C(=O)C1. The Bertz CT molecular complexity index is 1210. The largest absolute Gasteiger partial charge is 0.503 e. The number of benzene rings is 1. The van der Waals surface area contributed by atoms with Crippen molar-refractivity contribution in [2.75, 3.05) is 31.6 Å². The number of pyridine rings is 1. The highest BCUT2D eigenvalue weighted by molar-refractivity contribution is 5.98. The first kappa shape index (κ1) is 21.0. The molecule has 2 aromatic heterocycles. The number of halogens is 5. The summed E-state index contributed by atoms with van der Waals surface area (Å²) in [6.45, 7) is 1.23. The molecule has 3 heterocycles. The van der Waals surface area contributed by atoms with E-state index in [0.717, 1.165) is 0 Å². The third-order valence-corrected chi connectivity index (χ3v) is 5.15. The lowest BCUT2D eigenvalue weighted by atomic mass is 10.0. The molecule has 1 saturated heterocycles. The van der Waals surface area contributed by atoms with Gasteiger partial charge in [0.05, 0.1) is 17.6 Å². The molecule has 31 heavy (non-hydrogen) atoms. The van der Waals surface area contributed by atoms with E-state index >= 15 is 0 Å². The van der Waals surface area contributed by atoms with Gasteiger partial charge in [-0.05, 0) is 13.1 Å². The fraction of sp³-hybridized carbons (Fsp3) is 0.316. The van der Waals surface area contributed by atoms with Crippen LogP contribution in [0.15, 0.2) is 18.3 Å². The summed E-state index contributed by atoms with van der Waals surface area (Å²) in [6.07, 6.45) is -3.90. The van der Waals surface area contributed by atoms with Gasteiger partial charge in [-0.1, -0.05) is 0 Å². The zero-order valence-corrected chi connectivity index (χ0v) is 16.3. The van der Waals surface area contributed by atoms with Gasteiger partial charge in [-0.3, -0.25) is 19.3 Å². The molecule has 1 N–H and O–H groups in total. The van der Waals surface area contributed by atoms with Crippen LogP contribution in [0.3, 0.4) is 0 Å². The lowest BCUT2D eigenvalue weighted by molar-refractivity contribution is -0.140. The van der Waals surface area contributed by atoms with E-state index < -0.39 is 34.7 Å². The Morgan fingerprint density at radius 3 is 2.45 bits per heavy atom. The number of fused-ring (bicyclic) bond motifs is 1. The summed E-state index contributed by atoms with van der Waals surface area (Å²) in [4.78, 5) is 19.8. The minimum atomic E-state index is -5.15. The summed E-state index contributed by atoms with van der Waals surface area (Å²) in [5.74, 6) is -5.26. The summed E-state index contributed by atoms with van der Waals surface area (Å²) in [7, 11) is 3.29. The molecule has 7 nitrogen and oxygen atoms in total. The van der Waals surface area contributed by atoms with Crippen LogP contribution < -0.4 is 4.90 Å². The van der Waals surface area contributed by atoms with Gasteiger partial charge in [0, 0.05) is 43.4 Å². The number of carbonyl (C=O) groups is 1. The van der Waals surface area contributed by atoms with Crippen LogP contribution in [0, 0.1) is 11.6 Å². The summed E-state index contributed by atoms with van der Waals surface area (Å²) < 4.78 is 69.1.